The predicted octanol–water partition coefficient (Wildman–Crippen LogP) is 2.09. The molecule has 4 nitrogen and oxygen atoms in total. The van der Waals surface area contributed by atoms with E-state index in [9.17, 15) is 8.42 Å². The van der Waals surface area contributed by atoms with E-state index in [0.29, 0.717) is 6.61 Å². The molecule has 0 N–H and O–H groups in total. The molecule has 0 saturated heterocycles. The molecular formula is C13H15NO3S. The van der Waals surface area contributed by atoms with Gasteiger partial charge in [0.05, 0.1) is 17.6 Å². The fourth-order valence-corrected chi connectivity index (χ4v) is 3.11. The van der Waals surface area contributed by atoms with Crippen LogP contribution in [0.15, 0.2) is 23.1 Å². The zero-order valence-corrected chi connectivity index (χ0v) is 11.3. The highest BCUT2D eigenvalue weighted by Crippen LogP contribution is 2.31. The molecule has 0 aromatic heterocycles. The molecule has 96 valence electrons. The van der Waals surface area contributed by atoms with Gasteiger partial charge in [0.15, 0.2) is 14.6 Å². The average molecular weight is 265 g/mol. The normalized spacial score (nSPS) is 15.4. The van der Waals surface area contributed by atoms with Gasteiger partial charge in [0.2, 0.25) is 0 Å². The minimum Gasteiger partial charge on any atom is -0.493 e. The lowest BCUT2D eigenvalue weighted by atomic mass is 10.1. The summed E-state index contributed by atoms with van der Waals surface area (Å²) in [5.41, 5.74) is 0.899. The summed E-state index contributed by atoms with van der Waals surface area (Å²) >= 11 is 0. The lowest BCUT2D eigenvalue weighted by Crippen LogP contribution is -2.30. The van der Waals surface area contributed by atoms with Crippen molar-refractivity contribution in [2.75, 3.05) is 6.61 Å². The number of fused-ring (bicyclic) bond motifs is 1. The Hall–Kier alpha value is -1.54. The number of sulfone groups is 1. The van der Waals surface area contributed by atoms with Gasteiger partial charge in [-0.3, -0.25) is 0 Å². The monoisotopic (exact) mass is 265 g/mol. The molecule has 0 aliphatic carbocycles. The van der Waals surface area contributed by atoms with E-state index >= 15 is 0 Å². The number of nitriles is 1. The van der Waals surface area contributed by atoms with Crippen molar-refractivity contribution in [2.45, 2.75) is 36.3 Å². The molecule has 0 unspecified atom stereocenters. The zero-order valence-electron chi connectivity index (χ0n) is 10.4. The summed E-state index contributed by atoms with van der Waals surface area (Å²) in [5.74, 6) is 0.745. The fraction of sp³-hybridized carbons (Fsp3) is 0.462. The third-order valence-corrected chi connectivity index (χ3v) is 5.44. The van der Waals surface area contributed by atoms with Crippen molar-refractivity contribution in [2.24, 2.45) is 0 Å². The van der Waals surface area contributed by atoms with Crippen LogP contribution in [0.25, 0.3) is 0 Å². The number of hydrogen-bond acceptors (Lipinski definition) is 4. The van der Waals surface area contributed by atoms with E-state index in [4.69, 9.17) is 10.00 Å². The molecule has 0 bridgehead atoms. The van der Waals surface area contributed by atoms with E-state index < -0.39 is 14.6 Å². The second-order valence-electron chi connectivity index (χ2n) is 4.85. The predicted molar refractivity (Wildman–Crippen MR) is 67.1 cm³/mol. The van der Waals surface area contributed by atoms with Crippen molar-refractivity contribution < 1.29 is 13.2 Å². The average Bonchev–Trinajstić information content (AvgIpc) is 2.37. The van der Waals surface area contributed by atoms with E-state index in [-0.39, 0.29) is 4.90 Å². The molecule has 1 aromatic carbocycles. The summed E-state index contributed by atoms with van der Waals surface area (Å²) in [4.78, 5) is 0.193. The molecule has 18 heavy (non-hydrogen) atoms. The van der Waals surface area contributed by atoms with Crippen LogP contribution >= 0.6 is 0 Å². The van der Waals surface area contributed by atoms with Gasteiger partial charge >= 0.3 is 0 Å². The van der Waals surface area contributed by atoms with Crippen molar-refractivity contribution in [1.29, 1.82) is 5.26 Å². The topological polar surface area (TPSA) is 67.2 Å². The summed E-state index contributed by atoms with van der Waals surface area (Å²) in [6, 6.07) is 6.66. The van der Waals surface area contributed by atoms with Gasteiger partial charge in [-0.25, -0.2) is 8.42 Å². The fourth-order valence-electron chi connectivity index (χ4n) is 1.86. The first kappa shape index (κ1) is 12.9. The lowest BCUT2D eigenvalue weighted by molar-refractivity contribution is 0.288. The number of benzene rings is 1. The molecule has 2 rings (SSSR count). The van der Waals surface area contributed by atoms with E-state index in [2.05, 4.69) is 0 Å². The van der Waals surface area contributed by atoms with Gasteiger partial charge in [-0.2, -0.15) is 5.26 Å². The van der Waals surface area contributed by atoms with Crippen molar-refractivity contribution in [3.63, 3.8) is 0 Å². The smallest absolute Gasteiger partial charge is 0.196 e. The zero-order chi connectivity index (χ0) is 13.4. The minimum atomic E-state index is -3.64. The maximum atomic E-state index is 12.3. The third-order valence-electron chi connectivity index (χ3n) is 3.13. The molecule has 0 saturated carbocycles. The second kappa shape index (κ2) is 4.29. The van der Waals surface area contributed by atoms with Gasteiger partial charge < -0.3 is 4.74 Å². The van der Waals surface area contributed by atoms with Gasteiger partial charge in [0.25, 0.3) is 0 Å². The van der Waals surface area contributed by atoms with Crippen molar-refractivity contribution >= 4 is 9.84 Å². The highest BCUT2D eigenvalue weighted by molar-refractivity contribution is 7.93. The first-order valence-corrected chi connectivity index (χ1v) is 7.28. The van der Waals surface area contributed by atoms with Gasteiger partial charge in [0.1, 0.15) is 5.75 Å². The van der Waals surface area contributed by atoms with Gasteiger partial charge in [-0.1, -0.05) is 0 Å². The van der Waals surface area contributed by atoms with Crippen molar-refractivity contribution in [3.05, 3.63) is 23.8 Å². The number of nitrogens with zero attached hydrogens (tertiary/aromatic N) is 1. The van der Waals surface area contributed by atoms with Crippen LogP contribution in [0.2, 0.25) is 0 Å². The summed E-state index contributed by atoms with van der Waals surface area (Å²) in [5, 5.41) is 8.98. The Morgan fingerprint density at radius 1 is 1.39 bits per heavy atom. The maximum Gasteiger partial charge on any atom is 0.196 e. The highest BCUT2D eigenvalue weighted by atomic mass is 32.2. The second-order valence-corrected chi connectivity index (χ2v) is 7.35. The third kappa shape index (κ3) is 1.97. The molecule has 0 radical (unpaired) electrons. The van der Waals surface area contributed by atoms with Crippen molar-refractivity contribution in [3.8, 4) is 11.8 Å². The van der Waals surface area contributed by atoms with E-state index in [1.165, 1.54) is 19.9 Å². The minimum absolute atomic E-state index is 0.193. The lowest BCUT2D eigenvalue weighted by Gasteiger charge is -2.20. The van der Waals surface area contributed by atoms with Crippen LogP contribution in [-0.4, -0.2) is 19.8 Å². The van der Waals surface area contributed by atoms with E-state index in [1.54, 1.807) is 12.1 Å². The highest BCUT2D eigenvalue weighted by Gasteiger charge is 2.36. The van der Waals surface area contributed by atoms with Crippen LogP contribution in [-0.2, 0) is 16.3 Å². The molecule has 0 amide bonds. The van der Waals surface area contributed by atoms with Gasteiger partial charge in [-0.15, -0.1) is 0 Å². The molecule has 5 heteroatoms. The molecule has 0 fully saturated rings. The number of hydrogen-bond donors (Lipinski definition) is 0. The number of ether oxygens (including phenoxy) is 1. The first-order valence-electron chi connectivity index (χ1n) is 5.80. The molecule has 0 spiro atoms. The maximum absolute atomic E-state index is 12.3. The summed E-state index contributed by atoms with van der Waals surface area (Å²) in [6.07, 6.45) is 1.70. The Morgan fingerprint density at radius 3 is 2.78 bits per heavy atom. The molecule has 1 aliphatic heterocycles. The summed E-state index contributed by atoms with van der Waals surface area (Å²) < 4.78 is 28.6. The van der Waals surface area contributed by atoms with Crippen LogP contribution in [0.3, 0.4) is 0 Å². The SMILES string of the molecule is CC(C)(C#N)S(=O)(=O)c1ccc2c(c1)CCCO2. The standard InChI is InChI=1S/C13H15NO3S/c1-13(2,9-14)18(15,16)11-5-6-12-10(8-11)4-3-7-17-12/h5-6,8H,3-4,7H2,1-2H3. The number of aryl methyl sites for hydroxylation is 1. The molecule has 1 aromatic rings. The molecule has 0 atom stereocenters. The molecule has 1 heterocycles. The largest absolute Gasteiger partial charge is 0.493 e. The quantitative estimate of drug-likeness (QED) is 0.821. The molecule has 1 aliphatic rings. The first-order chi connectivity index (χ1) is 8.38. The van der Waals surface area contributed by atoms with Crippen LogP contribution in [0.1, 0.15) is 25.8 Å². The van der Waals surface area contributed by atoms with Crippen LogP contribution < -0.4 is 4.74 Å². The van der Waals surface area contributed by atoms with Crippen LogP contribution in [0.5, 0.6) is 5.75 Å². The van der Waals surface area contributed by atoms with Crippen LogP contribution in [0.4, 0.5) is 0 Å². The Bertz CT molecular complexity index is 612. The number of rotatable bonds is 2. The molecular weight excluding hydrogens is 250 g/mol. The van der Waals surface area contributed by atoms with Gasteiger partial charge in [0, 0.05) is 0 Å². The Labute approximate surface area is 107 Å². The van der Waals surface area contributed by atoms with Crippen LogP contribution in [0, 0.1) is 11.3 Å². The summed E-state index contributed by atoms with van der Waals surface area (Å²) in [7, 11) is -3.64. The van der Waals surface area contributed by atoms with E-state index in [1.807, 2.05) is 6.07 Å². The summed E-state index contributed by atoms with van der Waals surface area (Å²) in [6.45, 7) is 3.50. The van der Waals surface area contributed by atoms with Gasteiger partial charge in [-0.05, 0) is 50.5 Å². The van der Waals surface area contributed by atoms with E-state index in [0.717, 1.165) is 24.2 Å². The Morgan fingerprint density at radius 2 is 2.11 bits per heavy atom. The van der Waals surface area contributed by atoms with Crippen molar-refractivity contribution in [1.82, 2.24) is 0 Å². The Kier molecular flexibility index (Phi) is 3.07. The Balaban J connectivity index is 2.51.